The second-order valence-corrected chi connectivity index (χ2v) is 5.20. The lowest BCUT2D eigenvalue weighted by Crippen LogP contribution is -2.63. The van der Waals surface area contributed by atoms with E-state index in [0.717, 1.165) is 11.1 Å². The summed E-state index contributed by atoms with van der Waals surface area (Å²) in [7, 11) is 0. The number of nitrogens with zero attached hydrogens (tertiary/aromatic N) is 2. The Kier molecular flexibility index (Phi) is 3.07. The molecule has 5 heteroatoms. The summed E-state index contributed by atoms with van der Waals surface area (Å²) in [6, 6.07) is 1.97. The van der Waals surface area contributed by atoms with E-state index < -0.39 is 5.54 Å². The van der Waals surface area contributed by atoms with Gasteiger partial charge in [-0.05, 0) is 31.9 Å². The maximum absolute atomic E-state index is 12.2. The molecule has 1 fully saturated rings. The predicted molar refractivity (Wildman–Crippen MR) is 66.6 cm³/mol. The largest absolute Gasteiger partial charge is 0.341 e. The van der Waals surface area contributed by atoms with Gasteiger partial charge in [0.25, 0.3) is 0 Å². The molecule has 0 atom stereocenters. The van der Waals surface area contributed by atoms with E-state index in [0.29, 0.717) is 6.54 Å². The number of hydrogen-bond acceptors (Lipinski definition) is 3. The molecule has 18 heavy (non-hydrogen) atoms. The zero-order chi connectivity index (χ0) is 13.3. The third-order valence-electron chi connectivity index (χ3n) is 2.91. The Morgan fingerprint density at radius 3 is 2.78 bits per heavy atom. The van der Waals surface area contributed by atoms with Crippen LogP contribution in [0.1, 0.15) is 25.0 Å². The van der Waals surface area contributed by atoms with E-state index in [4.69, 9.17) is 0 Å². The Hall–Kier alpha value is -1.91. The molecule has 0 spiro atoms. The van der Waals surface area contributed by atoms with Gasteiger partial charge in [0.2, 0.25) is 11.8 Å². The molecule has 1 N–H and O–H groups in total. The highest BCUT2D eigenvalue weighted by Gasteiger charge is 2.38. The molecule has 0 unspecified atom stereocenters. The number of hydrogen-bond donors (Lipinski definition) is 1. The molecule has 0 bridgehead atoms. The van der Waals surface area contributed by atoms with Crippen LogP contribution in [-0.2, 0) is 16.1 Å². The topological polar surface area (TPSA) is 62.3 Å². The van der Waals surface area contributed by atoms with Crippen molar-refractivity contribution in [1.29, 1.82) is 0 Å². The number of carbonyl (C=O) groups is 2. The number of aryl methyl sites for hydroxylation is 1. The zero-order valence-electron chi connectivity index (χ0n) is 10.9. The van der Waals surface area contributed by atoms with E-state index in [2.05, 4.69) is 10.3 Å². The Balaban J connectivity index is 2.18. The van der Waals surface area contributed by atoms with E-state index in [-0.39, 0.29) is 18.4 Å². The van der Waals surface area contributed by atoms with E-state index in [1.54, 1.807) is 31.1 Å². The number of pyridine rings is 1. The minimum Gasteiger partial charge on any atom is -0.341 e. The van der Waals surface area contributed by atoms with Gasteiger partial charge in [0, 0.05) is 18.9 Å². The quantitative estimate of drug-likeness (QED) is 0.833. The first-order valence-electron chi connectivity index (χ1n) is 5.89. The molecule has 2 heterocycles. The third-order valence-corrected chi connectivity index (χ3v) is 2.91. The molecular formula is C13H17N3O2. The van der Waals surface area contributed by atoms with Crippen LogP contribution in [0.5, 0.6) is 0 Å². The van der Waals surface area contributed by atoms with Gasteiger partial charge < -0.3 is 10.2 Å². The van der Waals surface area contributed by atoms with Crippen molar-refractivity contribution in [2.75, 3.05) is 6.54 Å². The van der Waals surface area contributed by atoms with Gasteiger partial charge >= 0.3 is 0 Å². The van der Waals surface area contributed by atoms with Gasteiger partial charge in [-0.3, -0.25) is 14.6 Å². The van der Waals surface area contributed by atoms with Gasteiger partial charge in [0.1, 0.15) is 5.54 Å². The molecule has 0 aromatic carbocycles. The summed E-state index contributed by atoms with van der Waals surface area (Å²) in [5, 5.41) is 2.69. The van der Waals surface area contributed by atoms with Crippen LogP contribution in [0.15, 0.2) is 18.5 Å². The summed E-state index contributed by atoms with van der Waals surface area (Å²) in [5.74, 6) is -0.191. The lowest BCUT2D eigenvalue weighted by Gasteiger charge is -2.37. The van der Waals surface area contributed by atoms with Crippen LogP contribution in [0.3, 0.4) is 0 Å². The predicted octanol–water partition coefficient (Wildman–Crippen LogP) is 0.627. The van der Waals surface area contributed by atoms with Crippen molar-refractivity contribution in [1.82, 2.24) is 15.2 Å². The molecule has 1 aliphatic heterocycles. The van der Waals surface area contributed by atoms with Crippen molar-refractivity contribution in [3.05, 3.63) is 29.6 Å². The van der Waals surface area contributed by atoms with E-state index in [1.807, 2.05) is 13.0 Å². The zero-order valence-corrected chi connectivity index (χ0v) is 10.9. The Bertz CT molecular complexity index is 497. The molecule has 2 rings (SSSR count). The number of piperazine rings is 1. The average Bonchev–Trinajstić information content (AvgIpc) is 2.24. The standard InChI is InChI=1S/C13H17N3O2/c1-9-4-10(6-14-5-9)7-16-8-11(17)15-13(2,3)12(16)18/h4-6H,7-8H2,1-3H3,(H,15,17). The van der Waals surface area contributed by atoms with Gasteiger partial charge in [-0.15, -0.1) is 0 Å². The number of rotatable bonds is 2. The highest BCUT2D eigenvalue weighted by Crippen LogP contribution is 2.16. The first-order valence-corrected chi connectivity index (χ1v) is 5.89. The second kappa shape index (κ2) is 4.40. The van der Waals surface area contributed by atoms with Crippen molar-refractivity contribution < 1.29 is 9.59 Å². The van der Waals surface area contributed by atoms with Crippen molar-refractivity contribution in [2.45, 2.75) is 32.9 Å². The minimum atomic E-state index is -0.827. The molecule has 1 aromatic rings. The molecule has 1 aromatic heterocycles. The van der Waals surface area contributed by atoms with Crippen molar-refractivity contribution >= 4 is 11.8 Å². The molecule has 5 nitrogen and oxygen atoms in total. The second-order valence-electron chi connectivity index (χ2n) is 5.20. The summed E-state index contributed by atoms with van der Waals surface area (Å²) < 4.78 is 0. The number of aromatic nitrogens is 1. The summed E-state index contributed by atoms with van der Waals surface area (Å²) in [4.78, 5) is 29.4. The summed E-state index contributed by atoms with van der Waals surface area (Å²) in [6.45, 7) is 5.91. The molecule has 1 saturated heterocycles. The fraction of sp³-hybridized carbons (Fsp3) is 0.462. The Morgan fingerprint density at radius 1 is 1.39 bits per heavy atom. The maximum atomic E-state index is 12.2. The van der Waals surface area contributed by atoms with E-state index in [1.165, 1.54) is 0 Å². The van der Waals surface area contributed by atoms with Crippen LogP contribution < -0.4 is 5.32 Å². The summed E-state index contributed by atoms with van der Waals surface area (Å²) in [5.41, 5.74) is 1.15. The highest BCUT2D eigenvalue weighted by molar-refractivity contribution is 5.97. The first kappa shape index (κ1) is 12.5. The molecule has 1 aliphatic rings. The van der Waals surface area contributed by atoms with Crippen LogP contribution in [0.2, 0.25) is 0 Å². The lowest BCUT2D eigenvalue weighted by atomic mass is 10.00. The van der Waals surface area contributed by atoms with Gasteiger partial charge in [0.05, 0.1) is 6.54 Å². The minimum absolute atomic E-state index is 0.0661. The number of nitrogens with one attached hydrogen (secondary N) is 1. The molecule has 2 amide bonds. The Labute approximate surface area is 106 Å². The van der Waals surface area contributed by atoms with Gasteiger partial charge in [0.15, 0.2) is 0 Å². The van der Waals surface area contributed by atoms with Crippen LogP contribution in [0.25, 0.3) is 0 Å². The molecule has 96 valence electrons. The van der Waals surface area contributed by atoms with Crippen LogP contribution in [-0.4, -0.2) is 33.8 Å². The monoisotopic (exact) mass is 247 g/mol. The average molecular weight is 247 g/mol. The fourth-order valence-electron chi connectivity index (χ4n) is 2.13. The van der Waals surface area contributed by atoms with Crippen molar-refractivity contribution in [3.63, 3.8) is 0 Å². The molecule has 0 saturated carbocycles. The van der Waals surface area contributed by atoms with Crippen LogP contribution in [0.4, 0.5) is 0 Å². The SMILES string of the molecule is Cc1cncc(CN2CC(=O)NC(C)(C)C2=O)c1. The third kappa shape index (κ3) is 2.50. The van der Waals surface area contributed by atoms with Crippen LogP contribution >= 0.6 is 0 Å². The van der Waals surface area contributed by atoms with Crippen molar-refractivity contribution in [3.8, 4) is 0 Å². The molecular weight excluding hydrogens is 230 g/mol. The van der Waals surface area contributed by atoms with Gasteiger partial charge in [-0.25, -0.2) is 0 Å². The highest BCUT2D eigenvalue weighted by atomic mass is 16.2. The number of carbonyl (C=O) groups excluding carboxylic acids is 2. The Morgan fingerprint density at radius 2 is 2.11 bits per heavy atom. The maximum Gasteiger partial charge on any atom is 0.248 e. The van der Waals surface area contributed by atoms with Crippen LogP contribution in [0, 0.1) is 6.92 Å². The molecule has 0 aliphatic carbocycles. The van der Waals surface area contributed by atoms with E-state index >= 15 is 0 Å². The first-order chi connectivity index (χ1) is 8.38. The summed E-state index contributed by atoms with van der Waals surface area (Å²) in [6.07, 6.45) is 3.48. The fourth-order valence-corrected chi connectivity index (χ4v) is 2.13. The van der Waals surface area contributed by atoms with Gasteiger partial charge in [-0.2, -0.15) is 0 Å². The van der Waals surface area contributed by atoms with Gasteiger partial charge in [-0.1, -0.05) is 6.07 Å². The van der Waals surface area contributed by atoms with Crippen molar-refractivity contribution in [2.24, 2.45) is 0 Å². The lowest BCUT2D eigenvalue weighted by molar-refractivity contribution is -0.148. The van der Waals surface area contributed by atoms with E-state index in [9.17, 15) is 9.59 Å². The smallest absolute Gasteiger partial charge is 0.248 e. The summed E-state index contributed by atoms with van der Waals surface area (Å²) >= 11 is 0. The number of amides is 2. The normalized spacial score (nSPS) is 18.7. The molecule has 0 radical (unpaired) electrons.